The first-order valence-corrected chi connectivity index (χ1v) is 9.41. The molecular formula is C19H16FN3O4S. The van der Waals surface area contributed by atoms with Gasteiger partial charge in [-0.1, -0.05) is 23.9 Å². The number of ether oxygens (including phenoxy) is 2. The maximum absolute atomic E-state index is 12.9. The molecule has 0 spiro atoms. The van der Waals surface area contributed by atoms with Gasteiger partial charge in [-0.2, -0.15) is 0 Å². The monoisotopic (exact) mass is 401 g/mol. The van der Waals surface area contributed by atoms with Crippen molar-refractivity contribution in [1.29, 1.82) is 0 Å². The van der Waals surface area contributed by atoms with E-state index >= 15 is 0 Å². The number of nitrogens with zero attached hydrogens (tertiary/aromatic N) is 2. The van der Waals surface area contributed by atoms with Gasteiger partial charge in [0, 0.05) is 5.69 Å². The van der Waals surface area contributed by atoms with E-state index in [1.54, 1.807) is 13.0 Å². The fraction of sp³-hybridized carbons (Fsp3) is 0.211. The Hall–Kier alpha value is -3.07. The molecule has 0 radical (unpaired) electrons. The number of halogens is 1. The standard InChI is InChI=1S/C19H16FN3O4S/c1-11(17(24)21-13-8-6-12(20)7-9-13)28-19-23-22-18(27-19)16-10-25-14-4-2-3-5-15(14)26-16/h2-9,11,16H,10H2,1H3,(H,21,24)/t11-,16+/m0/s1. The van der Waals surface area contributed by atoms with Crippen LogP contribution < -0.4 is 14.8 Å². The van der Waals surface area contributed by atoms with E-state index in [1.165, 1.54) is 24.3 Å². The fourth-order valence-corrected chi connectivity index (χ4v) is 3.21. The number of anilines is 1. The van der Waals surface area contributed by atoms with Gasteiger partial charge in [0.15, 0.2) is 11.5 Å². The second-order valence-corrected chi connectivity index (χ2v) is 7.32. The van der Waals surface area contributed by atoms with Gasteiger partial charge in [0.25, 0.3) is 11.1 Å². The molecule has 144 valence electrons. The summed E-state index contributed by atoms with van der Waals surface area (Å²) in [6.07, 6.45) is -0.514. The lowest BCUT2D eigenvalue weighted by atomic mass is 10.2. The second kappa shape index (κ2) is 7.89. The van der Waals surface area contributed by atoms with Crippen molar-refractivity contribution >= 4 is 23.4 Å². The highest BCUT2D eigenvalue weighted by Gasteiger charge is 2.28. The molecule has 1 aliphatic rings. The zero-order valence-electron chi connectivity index (χ0n) is 14.8. The molecule has 4 rings (SSSR count). The van der Waals surface area contributed by atoms with Crippen LogP contribution in [0.15, 0.2) is 58.2 Å². The van der Waals surface area contributed by atoms with Gasteiger partial charge in [0.05, 0.1) is 5.25 Å². The maximum Gasteiger partial charge on any atom is 0.277 e. The predicted molar refractivity (Wildman–Crippen MR) is 100.0 cm³/mol. The Balaban J connectivity index is 1.36. The molecule has 0 fully saturated rings. The summed E-state index contributed by atoms with van der Waals surface area (Å²) in [5, 5.41) is 10.4. The predicted octanol–water partition coefficient (Wildman–Crippen LogP) is 3.84. The highest BCUT2D eigenvalue weighted by molar-refractivity contribution is 8.00. The van der Waals surface area contributed by atoms with Crippen molar-refractivity contribution in [3.05, 3.63) is 60.2 Å². The third-order valence-corrected chi connectivity index (χ3v) is 4.90. The van der Waals surface area contributed by atoms with Crippen LogP contribution >= 0.6 is 11.8 Å². The summed E-state index contributed by atoms with van der Waals surface area (Å²) in [5.74, 6) is 0.929. The first kappa shape index (κ1) is 18.3. The number of nitrogens with one attached hydrogen (secondary N) is 1. The number of hydrogen-bond donors (Lipinski definition) is 1. The number of amides is 1. The van der Waals surface area contributed by atoms with Gasteiger partial charge < -0.3 is 19.2 Å². The van der Waals surface area contributed by atoms with Crippen molar-refractivity contribution in [2.75, 3.05) is 11.9 Å². The third kappa shape index (κ3) is 4.09. The minimum Gasteiger partial charge on any atom is -0.485 e. The van der Waals surface area contributed by atoms with Crippen molar-refractivity contribution in [3.8, 4) is 11.5 Å². The van der Waals surface area contributed by atoms with Gasteiger partial charge >= 0.3 is 0 Å². The number of fused-ring (bicyclic) bond motifs is 1. The largest absolute Gasteiger partial charge is 0.485 e. The Morgan fingerprint density at radius 2 is 1.93 bits per heavy atom. The number of benzene rings is 2. The third-order valence-electron chi connectivity index (χ3n) is 3.96. The molecule has 0 unspecified atom stereocenters. The quantitative estimate of drug-likeness (QED) is 0.650. The summed E-state index contributed by atoms with van der Waals surface area (Å²) in [6.45, 7) is 1.97. The van der Waals surface area contributed by atoms with Gasteiger partial charge in [0.1, 0.15) is 12.4 Å². The van der Waals surface area contributed by atoms with Crippen LogP contribution in [0, 0.1) is 5.82 Å². The van der Waals surface area contributed by atoms with Gasteiger partial charge in [-0.25, -0.2) is 4.39 Å². The van der Waals surface area contributed by atoms with E-state index in [4.69, 9.17) is 13.9 Å². The van der Waals surface area contributed by atoms with Gasteiger partial charge in [-0.05, 0) is 43.3 Å². The smallest absolute Gasteiger partial charge is 0.277 e. The molecule has 0 bridgehead atoms. The Bertz CT molecular complexity index is 979. The second-order valence-electron chi connectivity index (χ2n) is 6.03. The SMILES string of the molecule is C[C@H](Sc1nnc([C@H]2COc3ccccc3O2)o1)C(=O)Nc1ccc(F)cc1. The van der Waals surface area contributed by atoms with Gasteiger partial charge in [-0.3, -0.25) is 4.79 Å². The normalized spacial score (nSPS) is 16.4. The average Bonchev–Trinajstić information content (AvgIpc) is 3.17. The number of carbonyl (C=O) groups excluding carboxylic acids is 1. The molecular weight excluding hydrogens is 385 g/mol. The molecule has 1 aromatic heterocycles. The molecule has 1 N–H and O–H groups in total. The fourth-order valence-electron chi connectivity index (χ4n) is 2.52. The van der Waals surface area contributed by atoms with Crippen LogP contribution in [0.5, 0.6) is 11.5 Å². The van der Waals surface area contributed by atoms with E-state index in [9.17, 15) is 9.18 Å². The lowest BCUT2D eigenvalue weighted by Crippen LogP contribution is -2.22. The summed E-state index contributed by atoms with van der Waals surface area (Å²) < 4.78 is 30.1. The lowest BCUT2D eigenvalue weighted by Gasteiger charge is -2.23. The molecule has 3 aromatic rings. The van der Waals surface area contributed by atoms with Crippen LogP contribution in [0.4, 0.5) is 10.1 Å². The van der Waals surface area contributed by atoms with Crippen LogP contribution in [0.1, 0.15) is 18.9 Å². The first-order chi connectivity index (χ1) is 13.6. The minimum atomic E-state index is -0.514. The molecule has 2 atom stereocenters. The van der Waals surface area contributed by atoms with Crippen molar-refractivity contribution in [1.82, 2.24) is 10.2 Å². The first-order valence-electron chi connectivity index (χ1n) is 8.53. The molecule has 28 heavy (non-hydrogen) atoms. The number of thioether (sulfide) groups is 1. The molecule has 9 heteroatoms. The van der Waals surface area contributed by atoms with E-state index < -0.39 is 11.4 Å². The Kier molecular flexibility index (Phi) is 5.16. The van der Waals surface area contributed by atoms with Gasteiger partial charge in [-0.15, -0.1) is 10.2 Å². The number of hydrogen-bond acceptors (Lipinski definition) is 7. The van der Waals surface area contributed by atoms with Crippen LogP contribution in [0.3, 0.4) is 0 Å². The van der Waals surface area contributed by atoms with E-state index in [1.807, 2.05) is 18.2 Å². The number of rotatable bonds is 5. The Morgan fingerprint density at radius 1 is 1.18 bits per heavy atom. The average molecular weight is 401 g/mol. The molecule has 0 saturated carbocycles. The Labute approximate surface area is 164 Å². The lowest BCUT2D eigenvalue weighted by molar-refractivity contribution is -0.115. The zero-order chi connectivity index (χ0) is 19.5. The van der Waals surface area contributed by atoms with Crippen LogP contribution in [0.25, 0.3) is 0 Å². The van der Waals surface area contributed by atoms with Crippen LogP contribution in [-0.4, -0.2) is 28.0 Å². The highest BCUT2D eigenvalue weighted by Crippen LogP contribution is 2.36. The molecule has 1 amide bonds. The van der Waals surface area contributed by atoms with Crippen LogP contribution in [0.2, 0.25) is 0 Å². The molecule has 1 aliphatic heterocycles. The van der Waals surface area contributed by atoms with Crippen molar-refractivity contribution in [2.45, 2.75) is 23.5 Å². The summed E-state index contributed by atoms with van der Waals surface area (Å²) >= 11 is 1.12. The van der Waals surface area contributed by atoms with Crippen molar-refractivity contribution in [3.63, 3.8) is 0 Å². The van der Waals surface area contributed by atoms with Crippen molar-refractivity contribution < 1.29 is 23.1 Å². The molecule has 0 aliphatic carbocycles. The molecule has 2 heterocycles. The molecule has 0 saturated heterocycles. The zero-order valence-corrected chi connectivity index (χ0v) is 15.6. The number of carbonyl (C=O) groups is 1. The number of para-hydroxylation sites is 2. The van der Waals surface area contributed by atoms with Gasteiger partial charge in [0.2, 0.25) is 12.0 Å². The van der Waals surface area contributed by atoms with E-state index in [-0.39, 0.29) is 29.4 Å². The number of aromatic nitrogens is 2. The topological polar surface area (TPSA) is 86.5 Å². The summed E-state index contributed by atoms with van der Waals surface area (Å²) in [7, 11) is 0. The van der Waals surface area contributed by atoms with E-state index in [2.05, 4.69) is 15.5 Å². The molecule has 7 nitrogen and oxygen atoms in total. The summed E-state index contributed by atoms with van der Waals surface area (Å²) in [6, 6.07) is 12.9. The Morgan fingerprint density at radius 3 is 2.71 bits per heavy atom. The maximum atomic E-state index is 12.9. The van der Waals surface area contributed by atoms with Crippen LogP contribution in [-0.2, 0) is 4.79 Å². The van der Waals surface area contributed by atoms with Crippen molar-refractivity contribution in [2.24, 2.45) is 0 Å². The summed E-state index contributed by atoms with van der Waals surface area (Å²) in [5.41, 5.74) is 0.511. The highest BCUT2D eigenvalue weighted by atomic mass is 32.2. The molecule has 2 aromatic carbocycles. The van der Waals surface area contributed by atoms with E-state index in [0.29, 0.717) is 17.2 Å². The van der Waals surface area contributed by atoms with E-state index in [0.717, 1.165) is 11.8 Å². The summed E-state index contributed by atoms with van der Waals surface area (Å²) in [4.78, 5) is 12.3. The minimum absolute atomic E-state index is 0.249.